The van der Waals surface area contributed by atoms with Gasteiger partial charge in [-0.25, -0.2) is 0 Å². The van der Waals surface area contributed by atoms with Crippen LogP contribution in [0.4, 0.5) is 0 Å². The second-order valence-corrected chi connectivity index (χ2v) is 5.84. The maximum absolute atomic E-state index is 5.79. The van der Waals surface area contributed by atoms with Gasteiger partial charge in [0.1, 0.15) is 11.9 Å². The Bertz CT molecular complexity index is 381. The third kappa shape index (κ3) is 4.45. The van der Waals surface area contributed by atoms with Gasteiger partial charge in [-0.1, -0.05) is 12.7 Å². The van der Waals surface area contributed by atoms with Gasteiger partial charge in [0.05, 0.1) is 8.95 Å². The fraction of sp³-hybridized carbons (Fsp3) is 0.385. The Balaban J connectivity index is 2.97. The summed E-state index contributed by atoms with van der Waals surface area (Å²) in [4.78, 5) is 0. The van der Waals surface area contributed by atoms with Crippen LogP contribution < -0.4 is 10.5 Å². The molecule has 0 radical (unpaired) electrons. The molecule has 0 amide bonds. The summed E-state index contributed by atoms with van der Waals surface area (Å²) < 4.78 is 7.60. The molecule has 0 fully saturated rings. The van der Waals surface area contributed by atoms with Crippen molar-refractivity contribution in [3.05, 3.63) is 39.3 Å². The minimum absolute atomic E-state index is 0.0260. The van der Waals surface area contributed by atoms with Gasteiger partial charge in [0.2, 0.25) is 0 Å². The maximum Gasteiger partial charge on any atom is 0.148 e. The number of ether oxygens (including phenoxy) is 1. The first-order chi connectivity index (χ1) is 7.93. The zero-order valence-electron chi connectivity index (χ0n) is 10.0. The standard InChI is InChI=1S/C13H17Br2NO/c1-4-9(3)17-13-11(14)6-10(5-8(2)16)7-12(13)15/h4,6-9H,1,5,16H2,2-3H3. The molecule has 0 aliphatic rings. The van der Waals surface area contributed by atoms with E-state index in [1.165, 1.54) is 5.56 Å². The molecule has 2 atom stereocenters. The Morgan fingerprint density at radius 1 is 1.35 bits per heavy atom. The van der Waals surface area contributed by atoms with Gasteiger partial charge in [-0.15, -0.1) is 0 Å². The van der Waals surface area contributed by atoms with Gasteiger partial charge in [-0.3, -0.25) is 0 Å². The minimum atomic E-state index is -0.0260. The second-order valence-electron chi connectivity index (χ2n) is 4.13. The highest BCUT2D eigenvalue weighted by Gasteiger charge is 2.11. The lowest BCUT2D eigenvalue weighted by molar-refractivity contribution is 0.266. The first kappa shape index (κ1) is 14.7. The van der Waals surface area contributed by atoms with E-state index >= 15 is 0 Å². The summed E-state index contributed by atoms with van der Waals surface area (Å²) in [5.41, 5.74) is 6.97. The summed E-state index contributed by atoms with van der Waals surface area (Å²) in [6, 6.07) is 4.23. The van der Waals surface area contributed by atoms with E-state index in [4.69, 9.17) is 10.5 Å². The van der Waals surface area contributed by atoms with Crippen molar-refractivity contribution in [1.82, 2.24) is 0 Å². The van der Waals surface area contributed by atoms with Crippen LogP contribution in [0.3, 0.4) is 0 Å². The molecule has 94 valence electrons. The largest absolute Gasteiger partial charge is 0.484 e. The molecule has 0 aliphatic heterocycles. The Kier molecular flexibility index (Phi) is 5.70. The Labute approximate surface area is 119 Å². The second kappa shape index (κ2) is 6.57. The SMILES string of the molecule is C=CC(C)Oc1c(Br)cc(CC(C)N)cc1Br. The highest BCUT2D eigenvalue weighted by molar-refractivity contribution is 9.11. The van der Waals surface area contributed by atoms with Crippen molar-refractivity contribution in [2.45, 2.75) is 32.4 Å². The van der Waals surface area contributed by atoms with Gasteiger partial charge in [-0.2, -0.15) is 0 Å². The lowest BCUT2D eigenvalue weighted by atomic mass is 10.1. The van der Waals surface area contributed by atoms with Crippen LogP contribution in [0, 0.1) is 0 Å². The number of rotatable bonds is 5. The number of hydrogen-bond donors (Lipinski definition) is 1. The molecule has 0 aromatic heterocycles. The molecule has 0 bridgehead atoms. The van der Waals surface area contributed by atoms with Crippen LogP contribution in [0.15, 0.2) is 33.7 Å². The lowest BCUT2D eigenvalue weighted by Gasteiger charge is -2.15. The normalized spacial score (nSPS) is 14.2. The summed E-state index contributed by atoms with van der Waals surface area (Å²) in [7, 11) is 0. The summed E-state index contributed by atoms with van der Waals surface area (Å²) in [6.07, 6.45) is 2.57. The van der Waals surface area contributed by atoms with Crippen molar-refractivity contribution in [1.29, 1.82) is 0 Å². The molecule has 17 heavy (non-hydrogen) atoms. The Morgan fingerprint density at radius 2 is 1.88 bits per heavy atom. The van der Waals surface area contributed by atoms with Gasteiger partial charge < -0.3 is 10.5 Å². The molecular formula is C13H17Br2NO. The summed E-state index contributed by atoms with van der Waals surface area (Å²) in [6.45, 7) is 7.64. The van der Waals surface area contributed by atoms with Gasteiger partial charge >= 0.3 is 0 Å². The lowest BCUT2D eigenvalue weighted by Crippen LogP contribution is -2.17. The predicted octanol–water partition coefficient (Wildman–Crippen LogP) is 4.05. The molecule has 2 N–H and O–H groups in total. The van der Waals surface area contributed by atoms with Crippen molar-refractivity contribution in [3.8, 4) is 5.75 Å². The van der Waals surface area contributed by atoms with Crippen LogP contribution in [-0.4, -0.2) is 12.1 Å². The summed E-state index contributed by atoms with van der Waals surface area (Å²) in [5.74, 6) is 0.797. The highest BCUT2D eigenvalue weighted by atomic mass is 79.9. The van der Waals surface area contributed by atoms with Gasteiger partial charge in [0.15, 0.2) is 0 Å². The van der Waals surface area contributed by atoms with Crippen molar-refractivity contribution >= 4 is 31.9 Å². The van der Waals surface area contributed by atoms with Gasteiger partial charge in [0, 0.05) is 6.04 Å². The van der Waals surface area contributed by atoms with Gasteiger partial charge in [0.25, 0.3) is 0 Å². The molecular weight excluding hydrogens is 346 g/mol. The molecule has 1 rings (SSSR count). The van der Waals surface area contributed by atoms with Crippen molar-refractivity contribution in [2.75, 3.05) is 0 Å². The zero-order valence-corrected chi connectivity index (χ0v) is 13.2. The van der Waals surface area contributed by atoms with E-state index in [9.17, 15) is 0 Å². The molecule has 0 saturated heterocycles. The number of hydrogen-bond acceptors (Lipinski definition) is 2. The topological polar surface area (TPSA) is 35.2 Å². The van der Waals surface area contributed by atoms with E-state index in [0.29, 0.717) is 0 Å². The van der Waals surface area contributed by atoms with Crippen LogP contribution in [-0.2, 0) is 6.42 Å². The maximum atomic E-state index is 5.79. The Hall–Kier alpha value is -0.320. The van der Waals surface area contributed by atoms with Crippen molar-refractivity contribution in [2.24, 2.45) is 5.73 Å². The fourth-order valence-electron chi connectivity index (χ4n) is 1.45. The van der Waals surface area contributed by atoms with Gasteiger partial charge in [-0.05, 0) is 69.8 Å². The van der Waals surface area contributed by atoms with Crippen LogP contribution in [0.25, 0.3) is 0 Å². The van der Waals surface area contributed by atoms with Crippen LogP contribution in [0.1, 0.15) is 19.4 Å². The van der Waals surface area contributed by atoms with Crippen LogP contribution >= 0.6 is 31.9 Å². The number of benzene rings is 1. The highest BCUT2D eigenvalue weighted by Crippen LogP contribution is 2.35. The third-order valence-electron chi connectivity index (χ3n) is 2.25. The molecule has 2 nitrogen and oxygen atoms in total. The smallest absolute Gasteiger partial charge is 0.148 e. The first-order valence-corrected chi connectivity index (χ1v) is 7.05. The van der Waals surface area contributed by atoms with Crippen molar-refractivity contribution in [3.63, 3.8) is 0 Å². The first-order valence-electron chi connectivity index (χ1n) is 5.46. The quantitative estimate of drug-likeness (QED) is 0.801. The predicted molar refractivity (Wildman–Crippen MR) is 79.5 cm³/mol. The molecule has 0 heterocycles. The molecule has 0 spiro atoms. The average Bonchev–Trinajstić information content (AvgIpc) is 2.22. The molecule has 1 aromatic rings. The van der Waals surface area contributed by atoms with Crippen molar-refractivity contribution < 1.29 is 4.74 Å². The van der Waals surface area contributed by atoms with Crippen LogP contribution in [0.2, 0.25) is 0 Å². The zero-order chi connectivity index (χ0) is 13.0. The average molecular weight is 363 g/mol. The monoisotopic (exact) mass is 361 g/mol. The number of halogens is 2. The third-order valence-corrected chi connectivity index (χ3v) is 3.43. The van der Waals surface area contributed by atoms with E-state index in [1.807, 2.05) is 26.0 Å². The van der Waals surface area contributed by atoms with E-state index < -0.39 is 0 Å². The van der Waals surface area contributed by atoms with E-state index in [2.05, 4.69) is 38.4 Å². The Morgan fingerprint density at radius 3 is 2.29 bits per heavy atom. The van der Waals surface area contributed by atoms with E-state index in [-0.39, 0.29) is 12.1 Å². The van der Waals surface area contributed by atoms with E-state index in [1.54, 1.807) is 6.08 Å². The molecule has 2 unspecified atom stereocenters. The van der Waals surface area contributed by atoms with E-state index in [0.717, 1.165) is 21.1 Å². The molecule has 1 aromatic carbocycles. The number of nitrogens with two attached hydrogens (primary N) is 1. The minimum Gasteiger partial charge on any atom is -0.484 e. The molecule has 4 heteroatoms. The summed E-state index contributed by atoms with van der Waals surface area (Å²) in [5, 5.41) is 0. The van der Waals surface area contributed by atoms with Crippen LogP contribution in [0.5, 0.6) is 5.75 Å². The molecule has 0 saturated carbocycles. The summed E-state index contributed by atoms with van der Waals surface area (Å²) >= 11 is 7.03. The molecule has 0 aliphatic carbocycles. The fourth-order valence-corrected chi connectivity index (χ4v) is 2.92.